The Morgan fingerprint density at radius 3 is 2.79 bits per heavy atom. The molecule has 0 bridgehead atoms. The van der Waals surface area contributed by atoms with Crippen molar-refractivity contribution in [2.45, 2.75) is 26.2 Å². The first-order valence-electron chi connectivity index (χ1n) is 6.29. The Balaban J connectivity index is 2.00. The summed E-state index contributed by atoms with van der Waals surface area (Å²) in [5.74, 6) is -0.341. The van der Waals surface area contributed by atoms with Crippen LogP contribution in [0.15, 0.2) is 36.4 Å². The van der Waals surface area contributed by atoms with Gasteiger partial charge in [-0.3, -0.25) is 0 Å². The molecule has 1 aliphatic heterocycles. The average molecular weight is 258 g/mol. The van der Waals surface area contributed by atoms with E-state index in [4.69, 9.17) is 4.74 Å². The zero-order valence-electron chi connectivity index (χ0n) is 10.7. The molecule has 0 radical (unpaired) electrons. The van der Waals surface area contributed by atoms with Gasteiger partial charge in [-0.15, -0.1) is 0 Å². The van der Waals surface area contributed by atoms with Crippen LogP contribution in [0.5, 0.6) is 0 Å². The lowest BCUT2D eigenvalue weighted by Crippen LogP contribution is -2.04. The molecule has 2 aromatic carbocycles. The van der Waals surface area contributed by atoms with E-state index in [2.05, 4.69) is 0 Å². The predicted molar refractivity (Wildman–Crippen MR) is 70.1 cm³/mol. The molecule has 3 rings (SSSR count). The maximum absolute atomic E-state index is 14.0. The largest absolute Gasteiger partial charge is 0.384 e. The van der Waals surface area contributed by atoms with Crippen molar-refractivity contribution in [2.24, 2.45) is 0 Å². The first-order valence-corrected chi connectivity index (χ1v) is 6.29. The van der Waals surface area contributed by atoms with Gasteiger partial charge in [-0.25, -0.2) is 4.39 Å². The van der Waals surface area contributed by atoms with Gasteiger partial charge in [0.25, 0.3) is 0 Å². The minimum Gasteiger partial charge on any atom is -0.384 e. The van der Waals surface area contributed by atoms with Crippen LogP contribution >= 0.6 is 0 Å². The standard InChI is InChI=1S/C16H15FO2/c1-10-3-2-4-14(15(10)17)16(18)11-5-6-12-8-19-9-13(12)7-11/h2-7,16,18H,8-9H2,1H3. The van der Waals surface area contributed by atoms with Crippen molar-refractivity contribution in [3.05, 3.63) is 70.0 Å². The molecule has 0 fully saturated rings. The van der Waals surface area contributed by atoms with Gasteiger partial charge in [-0.05, 0) is 29.2 Å². The quantitative estimate of drug-likeness (QED) is 0.896. The van der Waals surface area contributed by atoms with Crippen molar-refractivity contribution in [3.63, 3.8) is 0 Å². The molecule has 0 spiro atoms. The van der Waals surface area contributed by atoms with Crippen LogP contribution < -0.4 is 0 Å². The van der Waals surface area contributed by atoms with Crippen LogP contribution in [-0.2, 0) is 18.0 Å². The number of aliphatic hydroxyl groups excluding tert-OH is 1. The minimum absolute atomic E-state index is 0.318. The number of hydrogen-bond donors (Lipinski definition) is 1. The van der Waals surface area contributed by atoms with Crippen molar-refractivity contribution in [2.75, 3.05) is 0 Å². The SMILES string of the molecule is Cc1cccc(C(O)c2ccc3c(c2)COC3)c1F. The van der Waals surface area contributed by atoms with Gasteiger partial charge in [0.15, 0.2) is 0 Å². The molecule has 0 amide bonds. The Kier molecular flexibility index (Phi) is 3.09. The van der Waals surface area contributed by atoms with E-state index in [1.165, 1.54) is 0 Å². The first-order chi connectivity index (χ1) is 9.16. The Hall–Kier alpha value is -1.71. The second kappa shape index (κ2) is 4.76. The van der Waals surface area contributed by atoms with Gasteiger partial charge < -0.3 is 9.84 Å². The molecule has 19 heavy (non-hydrogen) atoms. The van der Waals surface area contributed by atoms with Crippen molar-refractivity contribution in [3.8, 4) is 0 Å². The van der Waals surface area contributed by atoms with Gasteiger partial charge in [0.2, 0.25) is 0 Å². The summed E-state index contributed by atoms with van der Waals surface area (Å²) in [6, 6.07) is 10.7. The van der Waals surface area contributed by atoms with E-state index in [9.17, 15) is 9.50 Å². The number of rotatable bonds is 2. The maximum Gasteiger partial charge on any atom is 0.132 e. The van der Waals surface area contributed by atoms with Crippen LogP contribution in [-0.4, -0.2) is 5.11 Å². The Morgan fingerprint density at radius 2 is 1.95 bits per heavy atom. The highest BCUT2D eigenvalue weighted by molar-refractivity contribution is 5.39. The van der Waals surface area contributed by atoms with E-state index in [0.717, 1.165) is 11.1 Å². The van der Waals surface area contributed by atoms with E-state index in [-0.39, 0.29) is 5.82 Å². The Bertz CT molecular complexity index is 622. The third kappa shape index (κ3) is 2.15. The first kappa shape index (κ1) is 12.3. The van der Waals surface area contributed by atoms with Gasteiger partial charge in [-0.2, -0.15) is 0 Å². The second-order valence-corrected chi connectivity index (χ2v) is 4.90. The summed E-state index contributed by atoms with van der Waals surface area (Å²) < 4.78 is 19.4. The molecule has 1 N–H and O–H groups in total. The van der Waals surface area contributed by atoms with E-state index in [0.29, 0.717) is 29.9 Å². The molecular formula is C16H15FO2. The van der Waals surface area contributed by atoms with Gasteiger partial charge in [0.1, 0.15) is 11.9 Å². The lowest BCUT2D eigenvalue weighted by atomic mass is 9.96. The fraction of sp³-hybridized carbons (Fsp3) is 0.250. The summed E-state index contributed by atoms with van der Waals surface area (Å²) >= 11 is 0. The molecule has 2 nitrogen and oxygen atoms in total. The van der Waals surface area contributed by atoms with Gasteiger partial charge in [0.05, 0.1) is 13.2 Å². The number of benzene rings is 2. The van der Waals surface area contributed by atoms with Crippen LogP contribution in [0.1, 0.15) is 33.9 Å². The number of hydrogen-bond acceptors (Lipinski definition) is 2. The molecule has 1 unspecified atom stereocenters. The zero-order valence-corrected chi connectivity index (χ0v) is 10.7. The Labute approximate surface area is 111 Å². The van der Waals surface area contributed by atoms with Crippen LogP contribution in [0.25, 0.3) is 0 Å². The van der Waals surface area contributed by atoms with Gasteiger partial charge in [-0.1, -0.05) is 36.4 Å². The summed E-state index contributed by atoms with van der Waals surface area (Å²) in [4.78, 5) is 0. The monoisotopic (exact) mass is 258 g/mol. The molecule has 3 heteroatoms. The summed E-state index contributed by atoms with van der Waals surface area (Å²) in [6.45, 7) is 2.87. The van der Waals surface area contributed by atoms with E-state index < -0.39 is 6.10 Å². The summed E-state index contributed by atoms with van der Waals surface area (Å²) in [6.07, 6.45) is -0.939. The Morgan fingerprint density at radius 1 is 1.16 bits per heavy atom. The highest BCUT2D eigenvalue weighted by Gasteiger charge is 2.19. The molecule has 0 saturated heterocycles. The van der Waals surface area contributed by atoms with Crippen LogP contribution in [0.2, 0.25) is 0 Å². The maximum atomic E-state index is 14.0. The number of aryl methyl sites for hydroxylation is 1. The van der Waals surface area contributed by atoms with Gasteiger partial charge >= 0.3 is 0 Å². The van der Waals surface area contributed by atoms with E-state index >= 15 is 0 Å². The third-order valence-corrected chi connectivity index (χ3v) is 3.58. The van der Waals surface area contributed by atoms with Crippen molar-refractivity contribution in [1.82, 2.24) is 0 Å². The number of halogens is 1. The fourth-order valence-corrected chi connectivity index (χ4v) is 2.42. The van der Waals surface area contributed by atoms with Crippen molar-refractivity contribution in [1.29, 1.82) is 0 Å². The molecule has 0 aromatic heterocycles. The molecule has 98 valence electrons. The molecule has 0 saturated carbocycles. The van der Waals surface area contributed by atoms with Crippen LogP contribution in [0.3, 0.4) is 0 Å². The topological polar surface area (TPSA) is 29.5 Å². The lowest BCUT2D eigenvalue weighted by Gasteiger charge is -2.14. The predicted octanol–water partition coefficient (Wildman–Crippen LogP) is 3.25. The second-order valence-electron chi connectivity index (χ2n) is 4.90. The van der Waals surface area contributed by atoms with Gasteiger partial charge in [0, 0.05) is 5.56 Å². The molecule has 1 aliphatic rings. The summed E-state index contributed by atoms with van der Waals surface area (Å²) in [7, 11) is 0. The highest BCUT2D eigenvalue weighted by Crippen LogP contribution is 2.29. The smallest absolute Gasteiger partial charge is 0.132 e. The van der Waals surface area contributed by atoms with Crippen LogP contribution in [0.4, 0.5) is 4.39 Å². The van der Waals surface area contributed by atoms with Crippen LogP contribution in [0, 0.1) is 12.7 Å². The molecule has 1 atom stereocenters. The van der Waals surface area contributed by atoms with Crippen molar-refractivity contribution < 1.29 is 14.2 Å². The van der Waals surface area contributed by atoms with E-state index in [1.54, 1.807) is 25.1 Å². The average Bonchev–Trinajstić information content (AvgIpc) is 2.88. The lowest BCUT2D eigenvalue weighted by molar-refractivity contribution is 0.134. The highest BCUT2D eigenvalue weighted by atomic mass is 19.1. The molecule has 2 aromatic rings. The normalized spacial score (nSPS) is 15.3. The molecule has 1 heterocycles. The number of ether oxygens (including phenoxy) is 1. The van der Waals surface area contributed by atoms with E-state index in [1.807, 2.05) is 18.2 Å². The summed E-state index contributed by atoms with van der Waals surface area (Å²) in [5, 5.41) is 10.3. The van der Waals surface area contributed by atoms with Crippen molar-refractivity contribution >= 4 is 0 Å². The third-order valence-electron chi connectivity index (χ3n) is 3.58. The molecular weight excluding hydrogens is 243 g/mol. The fourth-order valence-electron chi connectivity index (χ4n) is 2.42. The zero-order chi connectivity index (χ0) is 13.4. The minimum atomic E-state index is -0.939. The number of aliphatic hydroxyl groups is 1. The summed E-state index contributed by atoms with van der Waals surface area (Å²) in [5.41, 5.74) is 3.78. The number of fused-ring (bicyclic) bond motifs is 1. The molecule has 0 aliphatic carbocycles.